The maximum Gasteiger partial charge on any atom is 0.138 e. The zero-order chi connectivity index (χ0) is 14.7. The lowest BCUT2D eigenvalue weighted by Gasteiger charge is -2.20. The van der Waals surface area contributed by atoms with Crippen molar-refractivity contribution >= 4 is 5.78 Å². The van der Waals surface area contributed by atoms with Crippen molar-refractivity contribution < 1.29 is 4.79 Å². The van der Waals surface area contributed by atoms with Gasteiger partial charge < -0.3 is 4.57 Å². The van der Waals surface area contributed by atoms with Crippen LogP contribution in [0.25, 0.3) is 11.3 Å². The minimum Gasteiger partial charge on any atom is -0.323 e. The van der Waals surface area contributed by atoms with E-state index in [4.69, 9.17) is 0 Å². The third kappa shape index (κ3) is 1.62. The Bertz CT molecular complexity index is 788. The molecule has 1 aliphatic heterocycles. The van der Waals surface area contributed by atoms with E-state index in [1.54, 1.807) is 0 Å². The number of benzene rings is 1. The molecule has 3 aliphatic rings. The molecule has 2 aromatic rings. The van der Waals surface area contributed by atoms with Crippen LogP contribution in [0.2, 0.25) is 0 Å². The molecule has 2 bridgehead atoms. The zero-order valence-electron chi connectivity index (χ0n) is 12.4. The molecule has 0 saturated heterocycles. The van der Waals surface area contributed by atoms with Gasteiger partial charge in [0.25, 0.3) is 0 Å². The highest BCUT2D eigenvalue weighted by Crippen LogP contribution is 2.46. The van der Waals surface area contributed by atoms with Crippen LogP contribution in [-0.4, -0.2) is 15.3 Å². The monoisotopic (exact) mass is 290 g/mol. The lowest BCUT2D eigenvalue weighted by Crippen LogP contribution is -2.22. The van der Waals surface area contributed by atoms with E-state index in [9.17, 15) is 4.79 Å². The van der Waals surface area contributed by atoms with Crippen LogP contribution in [0, 0.1) is 17.8 Å². The van der Waals surface area contributed by atoms with Gasteiger partial charge in [0, 0.05) is 17.9 Å². The number of hydrogen-bond donors (Lipinski definition) is 0. The van der Waals surface area contributed by atoms with Gasteiger partial charge in [0.15, 0.2) is 0 Å². The Morgan fingerprint density at radius 1 is 1.23 bits per heavy atom. The number of nitrogens with zero attached hydrogens (tertiary/aromatic N) is 2. The summed E-state index contributed by atoms with van der Waals surface area (Å²) >= 11 is 0. The van der Waals surface area contributed by atoms with Crippen LogP contribution in [0.5, 0.6) is 0 Å². The smallest absolute Gasteiger partial charge is 0.138 e. The Morgan fingerprint density at radius 3 is 2.95 bits per heavy atom. The van der Waals surface area contributed by atoms with Gasteiger partial charge in [0.1, 0.15) is 5.78 Å². The number of ketones is 1. The molecule has 0 spiro atoms. The minimum atomic E-state index is 0.129. The lowest BCUT2D eigenvalue weighted by molar-refractivity contribution is -0.124. The fourth-order valence-corrected chi connectivity index (χ4v) is 4.63. The van der Waals surface area contributed by atoms with Crippen molar-refractivity contribution in [1.82, 2.24) is 9.55 Å². The van der Waals surface area contributed by atoms with E-state index in [-0.39, 0.29) is 12.0 Å². The zero-order valence-corrected chi connectivity index (χ0v) is 12.4. The van der Waals surface area contributed by atoms with E-state index in [2.05, 4.69) is 46.0 Å². The van der Waals surface area contributed by atoms with E-state index in [0.717, 1.165) is 12.1 Å². The van der Waals surface area contributed by atoms with E-state index in [1.807, 2.05) is 12.5 Å². The molecule has 4 unspecified atom stereocenters. The van der Waals surface area contributed by atoms with Crippen LogP contribution in [-0.2, 0) is 4.79 Å². The van der Waals surface area contributed by atoms with Crippen LogP contribution in [0.4, 0.5) is 0 Å². The minimum absolute atomic E-state index is 0.129. The number of hydrogen-bond acceptors (Lipinski definition) is 2. The summed E-state index contributed by atoms with van der Waals surface area (Å²) in [5.74, 6) is 1.82. The largest absolute Gasteiger partial charge is 0.323 e. The molecule has 0 amide bonds. The average molecular weight is 290 g/mol. The fraction of sp³-hybridized carbons (Fsp3) is 0.368. The van der Waals surface area contributed by atoms with Gasteiger partial charge >= 0.3 is 0 Å². The summed E-state index contributed by atoms with van der Waals surface area (Å²) < 4.78 is 2.17. The van der Waals surface area contributed by atoms with Crippen molar-refractivity contribution in [3.05, 3.63) is 54.5 Å². The number of imidazole rings is 1. The molecule has 4 atom stereocenters. The molecule has 1 aromatic heterocycles. The lowest BCUT2D eigenvalue weighted by atomic mass is 9.86. The van der Waals surface area contributed by atoms with Gasteiger partial charge in [-0.1, -0.05) is 36.4 Å². The third-order valence-corrected chi connectivity index (χ3v) is 5.68. The molecule has 1 fully saturated rings. The number of fused-ring (bicyclic) bond motifs is 5. The summed E-state index contributed by atoms with van der Waals surface area (Å²) in [6, 6.07) is 8.54. The van der Waals surface area contributed by atoms with Crippen LogP contribution in [0.3, 0.4) is 0 Å². The summed E-state index contributed by atoms with van der Waals surface area (Å²) in [6.07, 6.45) is 11.2. The number of allylic oxidation sites excluding steroid dienone is 2. The Morgan fingerprint density at radius 2 is 2.14 bits per heavy atom. The molecule has 110 valence electrons. The Hall–Kier alpha value is -2.16. The molecule has 0 radical (unpaired) electrons. The molecule has 1 saturated carbocycles. The SMILES string of the molecule is O=C(CC1c2ccccc2-c2cncn21)C1CC2C=CC1C2. The van der Waals surface area contributed by atoms with Crippen molar-refractivity contribution in [2.45, 2.75) is 25.3 Å². The van der Waals surface area contributed by atoms with Gasteiger partial charge in [0.2, 0.25) is 0 Å². The first-order chi connectivity index (χ1) is 10.8. The summed E-state index contributed by atoms with van der Waals surface area (Å²) in [4.78, 5) is 17.1. The highest BCUT2D eigenvalue weighted by Gasteiger charge is 2.41. The van der Waals surface area contributed by atoms with E-state index in [0.29, 0.717) is 24.0 Å². The Kier molecular flexibility index (Phi) is 2.49. The van der Waals surface area contributed by atoms with Gasteiger partial charge in [-0.15, -0.1) is 0 Å². The number of Topliss-reactive ketones (excluding diaryl/α,β-unsaturated/α-hetero) is 1. The molecule has 3 nitrogen and oxygen atoms in total. The fourth-order valence-electron chi connectivity index (χ4n) is 4.63. The van der Waals surface area contributed by atoms with Gasteiger partial charge in [-0.05, 0) is 30.2 Å². The van der Waals surface area contributed by atoms with E-state index >= 15 is 0 Å². The Labute approximate surface area is 129 Å². The molecule has 2 heterocycles. The van der Waals surface area contributed by atoms with Crippen LogP contribution < -0.4 is 0 Å². The molecule has 5 rings (SSSR count). The third-order valence-electron chi connectivity index (χ3n) is 5.68. The average Bonchev–Trinajstić information content (AvgIpc) is 3.29. The summed E-state index contributed by atoms with van der Waals surface area (Å²) in [5.41, 5.74) is 3.64. The first kappa shape index (κ1) is 12.4. The first-order valence-corrected chi connectivity index (χ1v) is 8.13. The molecule has 0 N–H and O–H groups in total. The van der Waals surface area contributed by atoms with E-state index < -0.39 is 0 Å². The molecule has 1 aromatic carbocycles. The predicted octanol–water partition coefficient (Wildman–Crippen LogP) is 3.62. The van der Waals surface area contributed by atoms with Gasteiger partial charge in [-0.25, -0.2) is 4.98 Å². The maximum atomic E-state index is 12.9. The second-order valence-electron chi connectivity index (χ2n) is 6.85. The normalized spacial score (nSPS) is 30.5. The van der Waals surface area contributed by atoms with Gasteiger partial charge in [0.05, 0.1) is 24.3 Å². The second-order valence-corrected chi connectivity index (χ2v) is 6.85. The van der Waals surface area contributed by atoms with Crippen molar-refractivity contribution in [2.24, 2.45) is 17.8 Å². The summed E-state index contributed by atoms with van der Waals surface area (Å²) in [5, 5.41) is 0. The van der Waals surface area contributed by atoms with Crippen LogP contribution in [0.15, 0.2) is 48.9 Å². The van der Waals surface area contributed by atoms with Crippen molar-refractivity contribution in [3.8, 4) is 11.3 Å². The van der Waals surface area contributed by atoms with Gasteiger partial charge in [-0.3, -0.25) is 4.79 Å². The van der Waals surface area contributed by atoms with E-state index in [1.165, 1.54) is 17.5 Å². The van der Waals surface area contributed by atoms with Crippen molar-refractivity contribution in [1.29, 1.82) is 0 Å². The number of carbonyl (C=O) groups excluding carboxylic acids is 1. The molecule has 2 aliphatic carbocycles. The first-order valence-electron chi connectivity index (χ1n) is 8.13. The van der Waals surface area contributed by atoms with Gasteiger partial charge in [-0.2, -0.15) is 0 Å². The molecular formula is C19H18N2O. The van der Waals surface area contributed by atoms with Crippen molar-refractivity contribution in [3.63, 3.8) is 0 Å². The maximum absolute atomic E-state index is 12.9. The summed E-state index contributed by atoms with van der Waals surface area (Å²) in [6.45, 7) is 0. The highest BCUT2D eigenvalue weighted by molar-refractivity contribution is 5.84. The number of carbonyl (C=O) groups is 1. The number of aromatic nitrogens is 2. The molecule has 3 heteroatoms. The molecular weight excluding hydrogens is 272 g/mol. The Balaban J connectivity index is 1.46. The number of rotatable bonds is 3. The quantitative estimate of drug-likeness (QED) is 0.809. The molecule has 22 heavy (non-hydrogen) atoms. The topological polar surface area (TPSA) is 34.9 Å². The summed E-state index contributed by atoms with van der Waals surface area (Å²) in [7, 11) is 0. The second kappa shape index (κ2) is 4.42. The predicted molar refractivity (Wildman–Crippen MR) is 84.3 cm³/mol. The standard InChI is InChI=1S/C19H18N2O/c22-19(16-8-12-5-6-13(16)7-12)9-17-14-3-1-2-4-15(14)18-10-20-11-21(17)18/h1-6,10-13,16-17H,7-9H2. The van der Waals surface area contributed by atoms with Crippen LogP contribution >= 0.6 is 0 Å². The van der Waals surface area contributed by atoms with Crippen molar-refractivity contribution in [2.75, 3.05) is 0 Å². The highest BCUT2D eigenvalue weighted by atomic mass is 16.1. The van der Waals surface area contributed by atoms with Crippen LogP contribution in [0.1, 0.15) is 30.9 Å².